The Morgan fingerprint density at radius 3 is 2.73 bits per heavy atom. The molecule has 0 aromatic carbocycles. The molecule has 0 aromatic rings. The van der Waals surface area contributed by atoms with Gasteiger partial charge in [0.2, 0.25) is 0 Å². The van der Waals surface area contributed by atoms with Gasteiger partial charge in [0.05, 0.1) is 5.92 Å². The fourth-order valence-electron chi connectivity index (χ4n) is 5.37. The predicted molar refractivity (Wildman–Crippen MR) is 90.7 cm³/mol. The van der Waals surface area contributed by atoms with Crippen molar-refractivity contribution < 1.29 is 28.6 Å². The van der Waals surface area contributed by atoms with Crippen LogP contribution in [0.3, 0.4) is 0 Å². The van der Waals surface area contributed by atoms with Crippen molar-refractivity contribution in [1.29, 1.82) is 0 Å². The fourth-order valence-corrected chi connectivity index (χ4v) is 5.37. The third-order valence-electron chi connectivity index (χ3n) is 7.17. The summed E-state index contributed by atoms with van der Waals surface area (Å²) >= 11 is 0. The van der Waals surface area contributed by atoms with Gasteiger partial charge in [-0.15, -0.1) is 0 Å². The van der Waals surface area contributed by atoms with Crippen LogP contribution in [0.15, 0.2) is 11.1 Å². The molecule has 3 fully saturated rings. The van der Waals surface area contributed by atoms with Crippen molar-refractivity contribution in [3.8, 4) is 0 Å². The molecule has 2 aliphatic carbocycles. The van der Waals surface area contributed by atoms with Crippen molar-refractivity contribution in [2.45, 2.75) is 71.7 Å². The minimum Gasteiger partial charge on any atom is -0.461 e. The lowest BCUT2D eigenvalue weighted by molar-refractivity contribution is -0.168. The maximum atomic E-state index is 12.8. The Labute approximate surface area is 153 Å². The minimum atomic E-state index is -0.476. The molecular formula is C20H26O6. The summed E-state index contributed by atoms with van der Waals surface area (Å²) < 4.78 is 17.1. The summed E-state index contributed by atoms with van der Waals surface area (Å²) in [6.45, 7) is 7.58. The quantitative estimate of drug-likeness (QED) is 0.567. The molecule has 0 spiro atoms. The van der Waals surface area contributed by atoms with E-state index in [1.165, 1.54) is 0 Å². The van der Waals surface area contributed by atoms with E-state index in [2.05, 4.69) is 6.92 Å². The van der Waals surface area contributed by atoms with Crippen LogP contribution in [-0.4, -0.2) is 36.2 Å². The van der Waals surface area contributed by atoms with Gasteiger partial charge in [-0.05, 0) is 38.5 Å². The van der Waals surface area contributed by atoms with Crippen molar-refractivity contribution in [3.05, 3.63) is 11.1 Å². The normalized spacial score (nSPS) is 41.9. The zero-order chi connectivity index (χ0) is 18.8. The first-order valence-corrected chi connectivity index (χ1v) is 9.61. The van der Waals surface area contributed by atoms with E-state index < -0.39 is 23.5 Å². The van der Waals surface area contributed by atoms with Crippen LogP contribution in [0.25, 0.3) is 0 Å². The number of hydrogen-bond acceptors (Lipinski definition) is 6. The van der Waals surface area contributed by atoms with Crippen LogP contribution in [0.2, 0.25) is 0 Å². The van der Waals surface area contributed by atoms with Crippen LogP contribution in [-0.2, 0) is 28.6 Å². The number of carbonyl (C=O) groups excluding carboxylic acids is 3. The zero-order valence-corrected chi connectivity index (χ0v) is 15.7. The molecule has 2 heterocycles. The van der Waals surface area contributed by atoms with Crippen LogP contribution in [0.4, 0.5) is 0 Å². The summed E-state index contributed by atoms with van der Waals surface area (Å²) in [6, 6.07) is 0. The number of ether oxygens (including phenoxy) is 3. The van der Waals surface area contributed by atoms with Crippen LogP contribution in [0.5, 0.6) is 0 Å². The Morgan fingerprint density at radius 1 is 1.31 bits per heavy atom. The summed E-state index contributed by atoms with van der Waals surface area (Å²) in [7, 11) is 0. The number of esters is 3. The van der Waals surface area contributed by atoms with E-state index in [1.54, 1.807) is 6.92 Å². The van der Waals surface area contributed by atoms with E-state index in [1.807, 2.05) is 13.8 Å². The van der Waals surface area contributed by atoms with Crippen LogP contribution < -0.4 is 0 Å². The molecule has 0 radical (unpaired) electrons. The van der Waals surface area contributed by atoms with E-state index >= 15 is 0 Å². The summed E-state index contributed by atoms with van der Waals surface area (Å²) in [5.41, 5.74) is 0.918. The highest BCUT2D eigenvalue weighted by atomic mass is 16.6. The summed E-state index contributed by atoms with van der Waals surface area (Å²) in [4.78, 5) is 37.2. The van der Waals surface area contributed by atoms with Gasteiger partial charge in [0.1, 0.15) is 24.2 Å². The van der Waals surface area contributed by atoms with Gasteiger partial charge >= 0.3 is 17.9 Å². The van der Waals surface area contributed by atoms with Gasteiger partial charge in [0.25, 0.3) is 0 Å². The van der Waals surface area contributed by atoms with Crippen LogP contribution in [0.1, 0.15) is 53.4 Å². The molecule has 2 saturated carbocycles. The van der Waals surface area contributed by atoms with E-state index in [-0.39, 0.29) is 35.8 Å². The maximum Gasteiger partial charge on any atom is 0.334 e. The van der Waals surface area contributed by atoms with Gasteiger partial charge in [-0.2, -0.15) is 0 Å². The first-order valence-electron chi connectivity index (χ1n) is 9.61. The molecular weight excluding hydrogens is 336 g/mol. The zero-order valence-electron chi connectivity index (χ0n) is 15.7. The van der Waals surface area contributed by atoms with Crippen molar-refractivity contribution in [2.24, 2.45) is 23.2 Å². The van der Waals surface area contributed by atoms with Gasteiger partial charge in [-0.3, -0.25) is 9.59 Å². The predicted octanol–water partition coefficient (Wildman–Crippen LogP) is 2.55. The smallest absolute Gasteiger partial charge is 0.334 e. The molecule has 2 aliphatic heterocycles. The topological polar surface area (TPSA) is 78.9 Å². The van der Waals surface area contributed by atoms with Crippen molar-refractivity contribution in [3.63, 3.8) is 0 Å². The molecule has 0 amide bonds. The van der Waals surface area contributed by atoms with Crippen molar-refractivity contribution >= 4 is 17.9 Å². The second-order valence-corrected chi connectivity index (χ2v) is 8.43. The highest BCUT2D eigenvalue weighted by Crippen LogP contribution is 2.61. The molecule has 26 heavy (non-hydrogen) atoms. The van der Waals surface area contributed by atoms with Gasteiger partial charge in [0.15, 0.2) is 0 Å². The van der Waals surface area contributed by atoms with Gasteiger partial charge < -0.3 is 14.2 Å². The molecule has 0 unspecified atom stereocenters. The molecule has 4 aliphatic rings. The average Bonchev–Trinajstić information content (AvgIpc) is 3.03. The lowest BCUT2D eigenvalue weighted by Gasteiger charge is -2.50. The van der Waals surface area contributed by atoms with E-state index in [0.29, 0.717) is 24.8 Å². The Hall–Kier alpha value is -1.85. The van der Waals surface area contributed by atoms with Gasteiger partial charge in [-0.1, -0.05) is 20.8 Å². The Morgan fingerprint density at radius 2 is 2.04 bits per heavy atom. The number of rotatable bonds is 3. The highest BCUT2D eigenvalue weighted by Gasteiger charge is 2.68. The monoisotopic (exact) mass is 362 g/mol. The molecule has 0 aromatic heterocycles. The van der Waals surface area contributed by atoms with E-state index in [9.17, 15) is 14.4 Å². The van der Waals surface area contributed by atoms with Crippen molar-refractivity contribution in [1.82, 2.24) is 0 Å². The minimum absolute atomic E-state index is 0.185. The fraction of sp³-hybridized carbons (Fsp3) is 0.750. The van der Waals surface area contributed by atoms with Gasteiger partial charge in [-0.25, -0.2) is 4.79 Å². The third-order valence-corrected chi connectivity index (χ3v) is 7.17. The molecule has 0 N–H and O–H groups in total. The van der Waals surface area contributed by atoms with Crippen LogP contribution >= 0.6 is 0 Å². The Kier molecular flexibility index (Phi) is 3.93. The van der Waals surface area contributed by atoms with Crippen molar-refractivity contribution in [2.75, 3.05) is 0 Å². The second-order valence-electron chi connectivity index (χ2n) is 8.43. The second kappa shape index (κ2) is 5.83. The number of fused-ring (bicyclic) bond motifs is 2. The van der Waals surface area contributed by atoms with Crippen LogP contribution in [0, 0.1) is 23.2 Å². The molecule has 6 nitrogen and oxygen atoms in total. The SMILES string of the molecule is CC[C@H](C)C(=O)O[C@H]1CC[C@@H]2C[C@@H]3OC(=O)C(C)=C3[C@H]3OC(=O)[C@@H]1[C@]23C. The molecule has 0 bridgehead atoms. The van der Waals surface area contributed by atoms with Gasteiger partial charge in [0, 0.05) is 16.6 Å². The Balaban J connectivity index is 1.68. The lowest BCUT2D eigenvalue weighted by atomic mass is 9.53. The average molecular weight is 362 g/mol. The first-order chi connectivity index (χ1) is 12.3. The van der Waals surface area contributed by atoms with E-state index in [0.717, 1.165) is 12.0 Å². The maximum absolute atomic E-state index is 12.8. The molecule has 7 atom stereocenters. The lowest BCUT2D eigenvalue weighted by Crippen LogP contribution is -2.55. The highest BCUT2D eigenvalue weighted by molar-refractivity contribution is 5.92. The standard InChI is InChI=1S/C20H26O6/c1-5-9(2)17(21)24-12-7-6-11-8-13-14(10(3)18(22)25-13)16-20(11,4)15(12)19(23)26-16/h9,11-13,15-16H,5-8H2,1-4H3/t9-,11+,12-,13-,15+,16+,20-/m0/s1. The summed E-state index contributed by atoms with van der Waals surface area (Å²) in [5.74, 6) is -1.34. The molecule has 4 rings (SSSR count). The number of carbonyl (C=O) groups is 3. The Bertz CT molecular complexity index is 709. The number of hydrogen-bond donors (Lipinski definition) is 0. The summed E-state index contributed by atoms with van der Waals surface area (Å²) in [6.07, 6.45) is 1.70. The first kappa shape index (κ1) is 17.6. The third kappa shape index (κ3) is 2.20. The molecule has 6 heteroatoms. The van der Waals surface area contributed by atoms with E-state index in [4.69, 9.17) is 14.2 Å². The summed E-state index contributed by atoms with van der Waals surface area (Å²) in [5, 5.41) is 0. The molecule has 142 valence electrons. The largest absolute Gasteiger partial charge is 0.461 e. The molecule has 1 saturated heterocycles.